The van der Waals surface area contributed by atoms with Gasteiger partial charge in [0.2, 0.25) is 5.91 Å². The molecule has 1 heterocycles. The van der Waals surface area contributed by atoms with Crippen molar-refractivity contribution in [3.05, 3.63) is 58.1 Å². The number of rotatable bonds is 7. The van der Waals surface area contributed by atoms with Gasteiger partial charge in [-0.2, -0.15) is 0 Å². The summed E-state index contributed by atoms with van der Waals surface area (Å²) >= 11 is 0. The number of fused-ring (bicyclic) bond motifs is 1. The number of nitrogens with zero attached hydrogens (tertiary/aromatic N) is 3. The monoisotopic (exact) mass is 399 g/mol. The van der Waals surface area contributed by atoms with Crippen molar-refractivity contribution in [2.45, 2.75) is 6.92 Å². The molecule has 29 heavy (non-hydrogen) atoms. The lowest BCUT2D eigenvalue weighted by Gasteiger charge is -2.30. The van der Waals surface area contributed by atoms with E-state index in [1.165, 1.54) is 28.0 Å². The van der Waals surface area contributed by atoms with Gasteiger partial charge in [-0.3, -0.25) is 24.6 Å². The molecule has 2 amide bonds. The Balaban J connectivity index is 1.64. The second kappa shape index (κ2) is 8.59. The number of anilines is 1. The van der Waals surface area contributed by atoms with Crippen LogP contribution in [-0.2, 0) is 9.59 Å². The van der Waals surface area contributed by atoms with Crippen LogP contribution in [0.1, 0.15) is 5.56 Å². The normalized spacial score (nSPS) is 12.8. The van der Waals surface area contributed by atoms with Crippen molar-refractivity contribution in [2.24, 2.45) is 0 Å². The maximum atomic E-state index is 12.6. The molecule has 0 N–H and O–H groups in total. The fraction of sp³-hybridized carbons (Fsp3) is 0.300. The Kier molecular flexibility index (Phi) is 5.96. The van der Waals surface area contributed by atoms with Crippen LogP contribution in [-0.4, -0.2) is 55.0 Å². The topological polar surface area (TPSA) is 102 Å². The quantitative estimate of drug-likeness (QED) is 0.522. The van der Waals surface area contributed by atoms with Gasteiger partial charge >= 0.3 is 0 Å². The molecule has 2 aromatic carbocycles. The number of hydrogen-bond acceptors (Lipinski definition) is 6. The first-order valence-electron chi connectivity index (χ1n) is 9.01. The summed E-state index contributed by atoms with van der Waals surface area (Å²) in [5, 5.41) is 11.0. The number of ether oxygens (including phenoxy) is 2. The largest absolute Gasteiger partial charge is 0.491 e. The Hall–Kier alpha value is -3.62. The van der Waals surface area contributed by atoms with E-state index < -0.39 is 10.8 Å². The van der Waals surface area contributed by atoms with Crippen LogP contribution >= 0.6 is 0 Å². The number of carbonyl (C=O) groups is 2. The first-order chi connectivity index (χ1) is 13.9. The number of benzene rings is 2. The lowest BCUT2D eigenvalue weighted by molar-refractivity contribution is -0.384. The van der Waals surface area contributed by atoms with Crippen LogP contribution in [0.3, 0.4) is 0 Å². The molecule has 0 aliphatic carbocycles. The van der Waals surface area contributed by atoms with E-state index in [4.69, 9.17) is 9.47 Å². The van der Waals surface area contributed by atoms with Gasteiger partial charge in [0.1, 0.15) is 24.7 Å². The number of carbonyl (C=O) groups excluding carboxylic acids is 2. The number of non-ortho nitro benzene ring substituents is 1. The van der Waals surface area contributed by atoms with Gasteiger partial charge in [0.25, 0.3) is 11.6 Å². The third-order valence-electron chi connectivity index (χ3n) is 4.59. The first kappa shape index (κ1) is 20.1. The minimum atomic E-state index is -0.561. The van der Waals surface area contributed by atoms with Crippen molar-refractivity contribution >= 4 is 23.2 Å². The summed E-state index contributed by atoms with van der Waals surface area (Å²) in [6.45, 7) is 2.10. The zero-order valence-electron chi connectivity index (χ0n) is 16.2. The molecule has 0 aromatic heterocycles. The predicted molar refractivity (Wildman–Crippen MR) is 105 cm³/mol. The van der Waals surface area contributed by atoms with Gasteiger partial charge in [0, 0.05) is 19.2 Å². The van der Waals surface area contributed by atoms with E-state index in [-0.39, 0.29) is 30.4 Å². The maximum absolute atomic E-state index is 12.6. The minimum Gasteiger partial charge on any atom is -0.491 e. The molecule has 0 radical (unpaired) electrons. The minimum absolute atomic E-state index is 0.181. The Morgan fingerprint density at radius 2 is 2.07 bits per heavy atom. The van der Waals surface area contributed by atoms with Gasteiger partial charge in [0.05, 0.1) is 17.2 Å². The van der Waals surface area contributed by atoms with E-state index in [1.807, 2.05) is 31.2 Å². The highest BCUT2D eigenvalue weighted by atomic mass is 16.6. The standard InChI is InChI=1S/C20H21N3O6/c1-14-5-3-4-6-17(14)28-10-9-21(2)19(24)12-22-16-11-15(23(26)27)7-8-18(16)29-13-20(22)25/h3-8,11H,9-10,12-13H2,1-2H3. The predicted octanol–water partition coefficient (Wildman–Crippen LogP) is 2.17. The SMILES string of the molecule is Cc1ccccc1OCCN(C)C(=O)CN1C(=O)COc2ccc([N+](=O)[O-])cc21. The molecule has 3 rings (SSSR count). The molecule has 0 unspecified atom stereocenters. The van der Waals surface area contributed by atoms with Crippen molar-refractivity contribution in [3.63, 3.8) is 0 Å². The fourth-order valence-electron chi connectivity index (χ4n) is 2.87. The average molecular weight is 399 g/mol. The smallest absolute Gasteiger partial charge is 0.271 e. The third-order valence-corrected chi connectivity index (χ3v) is 4.59. The molecule has 9 heteroatoms. The highest BCUT2D eigenvalue weighted by Crippen LogP contribution is 2.35. The van der Waals surface area contributed by atoms with E-state index >= 15 is 0 Å². The van der Waals surface area contributed by atoms with Crippen LogP contribution < -0.4 is 14.4 Å². The summed E-state index contributed by atoms with van der Waals surface area (Å²) in [7, 11) is 1.61. The summed E-state index contributed by atoms with van der Waals surface area (Å²) in [6.07, 6.45) is 0. The molecule has 0 saturated carbocycles. The molecular weight excluding hydrogens is 378 g/mol. The van der Waals surface area contributed by atoms with Crippen molar-refractivity contribution < 1.29 is 24.0 Å². The molecule has 152 valence electrons. The fourth-order valence-corrected chi connectivity index (χ4v) is 2.87. The summed E-state index contributed by atoms with van der Waals surface area (Å²) in [5.74, 6) is 0.327. The van der Waals surface area contributed by atoms with E-state index in [0.717, 1.165) is 11.3 Å². The van der Waals surface area contributed by atoms with E-state index in [9.17, 15) is 19.7 Å². The first-order valence-corrected chi connectivity index (χ1v) is 9.01. The number of likely N-dealkylation sites (N-methyl/N-ethyl adjacent to an activating group) is 1. The van der Waals surface area contributed by atoms with Gasteiger partial charge in [-0.15, -0.1) is 0 Å². The van der Waals surface area contributed by atoms with Crippen LogP contribution in [0.25, 0.3) is 0 Å². The zero-order chi connectivity index (χ0) is 21.0. The van der Waals surface area contributed by atoms with Crippen LogP contribution in [0, 0.1) is 17.0 Å². The van der Waals surface area contributed by atoms with Gasteiger partial charge in [-0.05, 0) is 24.6 Å². The molecule has 1 aliphatic heterocycles. The molecule has 0 atom stereocenters. The average Bonchev–Trinajstić information content (AvgIpc) is 2.70. The van der Waals surface area contributed by atoms with Gasteiger partial charge < -0.3 is 14.4 Å². The Bertz CT molecular complexity index is 946. The van der Waals surface area contributed by atoms with Crippen molar-refractivity contribution in [1.82, 2.24) is 4.90 Å². The van der Waals surface area contributed by atoms with E-state index in [2.05, 4.69) is 0 Å². The van der Waals surface area contributed by atoms with Crippen molar-refractivity contribution in [3.8, 4) is 11.5 Å². The number of amides is 2. The Labute approximate surface area is 167 Å². The highest BCUT2D eigenvalue weighted by molar-refractivity contribution is 6.02. The lowest BCUT2D eigenvalue weighted by Crippen LogP contribution is -2.46. The van der Waals surface area contributed by atoms with Gasteiger partial charge in [0.15, 0.2) is 6.61 Å². The van der Waals surface area contributed by atoms with Crippen molar-refractivity contribution in [2.75, 3.05) is 38.3 Å². The van der Waals surface area contributed by atoms with Crippen LogP contribution in [0.4, 0.5) is 11.4 Å². The second-order valence-electron chi connectivity index (χ2n) is 6.61. The number of aryl methyl sites for hydroxylation is 1. The molecule has 0 spiro atoms. The van der Waals surface area contributed by atoms with E-state index in [0.29, 0.717) is 18.9 Å². The van der Waals surface area contributed by atoms with E-state index in [1.54, 1.807) is 7.05 Å². The molecule has 9 nitrogen and oxygen atoms in total. The summed E-state index contributed by atoms with van der Waals surface area (Å²) in [4.78, 5) is 38.0. The maximum Gasteiger partial charge on any atom is 0.271 e. The summed E-state index contributed by atoms with van der Waals surface area (Å²) in [5.41, 5.74) is 1.03. The van der Waals surface area contributed by atoms with Crippen LogP contribution in [0.5, 0.6) is 11.5 Å². The van der Waals surface area contributed by atoms with Gasteiger partial charge in [-0.25, -0.2) is 0 Å². The Morgan fingerprint density at radius 1 is 1.31 bits per heavy atom. The number of nitro groups is 1. The zero-order valence-corrected chi connectivity index (χ0v) is 16.2. The molecular formula is C20H21N3O6. The lowest BCUT2D eigenvalue weighted by atomic mass is 10.2. The molecule has 1 aliphatic rings. The Morgan fingerprint density at radius 3 is 2.79 bits per heavy atom. The number of nitro benzene ring substituents is 1. The summed E-state index contributed by atoms with van der Waals surface area (Å²) < 4.78 is 11.0. The van der Waals surface area contributed by atoms with Crippen LogP contribution in [0.2, 0.25) is 0 Å². The highest BCUT2D eigenvalue weighted by Gasteiger charge is 2.30. The van der Waals surface area contributed by atoms with Gasteiger partial charge in [-0.1, -0.05) is 18.2 Å². The molecule has 0 bridgehead atoms. The van der Waals surface area contributed by atoms with Crippen LogP contribution in [0.15, 0.2) is 42.5 Å². The van der Waals surface area contributed by atoms with Crippen molar-refractivity contribution in [1.29, 1.82) is 0 Å². The molecule has 0 saturated heterocycles. The molecule has 2 aromatic rings. The summed E-state index contributed by atoms with van der Waals surface area (Å²) in [6, 6.07) is 11.5. The molecule has 0 fully saturated rings. The number of hydrogen-bond donors (Lipinski definition) is 0. The third kappa shape index (κ3) is 4.63. The number of para-hydroxylation sites is 1. The second-order valence-corrected chi connectivity index (χ2v) is 6.61.